The molecule has 1 aromatic carbocycles. The van der Waals surface area contributed by atoms with Gasteiger partial charge in [0.15, 0.2) is 5.78 Å². The first kappa shape index (κ1) is 17.1. The van der Waals surface area contributed by atoms with Gasteiger partial charge in [-0.05, 0) is 44.7 Å². The maximum absolute atomic E-state index is 12.7. The van der Waals surface area contributed by atoms with Crippen molar-refractivity contribution < 1.29 is 14.3 Å². The summed E-state index contributed by atoms with van der Waals surface area (Å²) in [5, 5.41) is 4.29. The molecule has 3 rings (SSSR count). The maximum Gasteiger partial charge on any atom is 0.361 e. The van der Waals surface area contributed by atoms with Crippen molar-refractivity contribution in [3.8, 4) is 0 Å². The van der Waals surface area contributed by atoms with Gasteiger partial charge in [-0.25, -0.2) is 4.79 Å². The molecule has 130 valence electrons. The summed E-state index contributed by atoms with van der Waals surface area (Å²) in [6.45, 7) is 3.51. The number of nitrogens with zero attached hydrogens (tertiary/aromatic N) is 2. The van der Waals surface area contributed by atoms with Crippen LogP contribution in [0.1, 0.15) is 61.6 Å². The molecule has 0 aliphatic heterocycles. The number of esters is 1. The van der Waals surface area contributed by atoms with Gasteiger partial charge >= 0.3 is 5.97 Å². The molecule has 1 aliphatic rings. The van der Waals surface area contributed by atoms with Crippen LogP contribution in [-0.2, 0) is 9.53 Å². The second-order valence-corrected chi connectivity index (χ2v) is 6.30. The van der Waals surface area contributed by atoms with E-state index in [2.05, 4.69) is 5.10 Å². The van der Waals surface area contributed by atoms with Crippen LogP contribution in [0.2, 0.25) is 0 Å². The molecule has 1 aliphatic carbocycles. The number of ether oxygens (including phenoxy) is 1. The van der Waals surface area contributed by atoms with Gasteiger partial charge in [-0.2, -0.15) is 5.10 Å². The van der Waals surface area contributed by atoms with Gasteiger partial charge in [0.05, 0.1) is 6.04 Å². The van der Waals surface area contributed by atoms with Crippen LogP contribution in [0.15, 0.2) is 53.9 Å². The van der Waals surface area contributed by atoms with Crippen molar-refractivity contribution in [1.29, 1.82) is 0 Å². The van der Waals surface area contributed by atoms with Crippen LogP contribution in [0, 0.1) is 0 Å². The highest BCUT2D eigenvalue weighted by Crippen LogP contribution is 2.27. The van der Waals surface area contributed by atoms with Gasteiger partial charge in [-0.3, -0.25) is 9.48 Å². The SMILES string of the molecule is CC(=O)C1=C(OC(=O)c2ccnn2[C@H](C)c2ccccc2)CCCC1. The maximum atomic E-state index is 12.7. The molecule has 0 N–H and O–H groups in total. The first-order valence-electron chi connectivity index (χ1n) is 8.61. The fourth-order valence-electron chi connectivity index (χ4n) is 3.18. The number of Topliss-reactive ketones (excluding diaryl/α,β-unsaturated/α-hetero) is 1. The highest BCUT2D eigenvalue weighted by Gasteiger charge is 2.24. The molecule has 25 heavy (non-hydrogen) atoms. The standard InChI is InChI=1S/C20H22N2O3/c1-14(16-8-4-3-5-9-16)22-18(12-13-21-22)20(24)25-19-11-7-6-10-17(19)15(2)23/h3-5,8-9,12-14H,6-7,10-11H2,1-2H3/t14-/m1/s1. The van der Waals surface area contributed by atoms with Crippen molar-refractivity contribution in [1.82, 2.24) is 9.78 Å². The lowest BCUT2D eigenvalue weighted by atomic mass is 9.95. The zero-order valence-corrected chi connectivity index (χ0v) is 14.6. The molecule has 0 amide bonds. The second-order valence-electron chi connectivity index (χ2n) is 6.30. The number of carbonyl (C=O) groups excluding carboxylic acids is 2. The lowest BCUT2D eigenvalue weighted by molar-refractivity contribution is -0.114. The number of benzene rings is 1. The van der Waals surface area contributed by atoms with Crippen molar-refractivity contribution in [3.63, 3.8) is 0 Å². The Morgan fingerprint density at radius 3 is 2.56 bits per heavy atom. The van der Waals surface area contributed by atoms with E-state index in [4.69, 9.17) is 4.74 Å². The molecule has 0 spiro atoms. The molecule has 0 saturated carbocycles. The number of allylic oxidation sites excluding steroid dienone is 2. The molecule has 0 unspecified atom stereocenters. The molecular formula is C20H22N2O3. The van der Waals surface area contributed by atoms with E-state index in [0.717, 1.165) is 18.4 Å². The highest BCUT2D eigenvalue weighted by atomic mass is 16.5. The summed E-state index contributed by atoms with van der Waals surface area (Å²) < 4.78 is 7.26. The molecule has 0 fully saturated rings. The number of hydrogen-bond donors (Lipinski definition) is 0. The lowest BCUT2D eigenvalue weighted by Crippen LogP contribution is -2.19. The first-order chi connectivity index (χ1) is 12.1. The van der Waals surface area contributed by atoms with Gasteiger partial charge < -0.3 is 4.74 Å². The Balaban J connectivity index is 1.85. The summed E-state index contributed by atoms with van der Waals surface area (Å²) in [7, 11) is 0. The first-order valence-corrected chi connectivity index (χ1v) is 8.61. The summed E-state index contributed by atoms with van der Waals surface area (Å²) in [6, 6.07) is 11.4. The zero-order chi connectivity index (χ0) is 17.8. The summed E-state index contributed by atoms with van der Waals surface area (Å²) in [6.07, 6.45) is 4.79. The molecule has 0 bridgehead atoms. The zero-order valence-electron chi connectivity index (χ0n) is 14.6. The monoisotopic (exact) mass is 338 g/mol. The minimum Gasteiger partial charge on any atom is -0.426 e. The number of ketones is 1. The van der Waals surface area contributed by atoms with Gasteiger partial charge in [-0.1, -0.05) is 30.3 Å². The smallest absolute Gasteiger partial charge is 0.361 e. The molecule has 5 nitrogen and oxygen atoms in total. The molecule has 1 atom stereocenters. The van der Waals surface area contributed by atoms with E-state index in [1.165, 1.54) is 6.92 Å². The van der Waals surface area contributed by atoms with Crippen LogP contribution in [0.5, 0.6) is 0 Å². The molecule has 1 aromatic heterocycles. The van der Waals surface area contributed by atoms with Crippen molar-refractivity contribution in [2.24, 2.45) is 0 Å². The van der Waals surface area contributed by atoms with Gasteiger partial charge in [0, 0.05) is 18.2 Å². The third-order valence-electron chi connectivity index (χ3n) is 4.59. The quantitative estimate of drug-likeness (QED) is 0.771. The van der Waals surface area contributed by atoms with E-state index in [1.54, 1.807) is 16.9 Å². The lowest BCUT2D eigenvalue weighted by Gasteiger charge is -2.19. The van der Waals surface area contributed by atoms with Crippen LogP contribution < -0.4 is 0 Å². The topological polar surface area (TPSA) is 61.2 Å². The average Bonchev–Trinajstić information content (AvgIpc) is 3.12. The van der Waals surface area contributed by atoms with E-state index in [9.17, 15) is 9.59 Å². The van der Waals surface area contributed by atoms with Gasteiger partial charge in [0.1, 0.15) is 11.5 Å². The van der Waals surface area contributed by atoms with E-state index in [-0.39, 0.29) is 11.8 Å². The minimum atomic E-state index is -0.462. The van der Waals surface area contributed by atoms with Gasteiger partial charge in [0.25, 0.3) is 0 Å². The molecule has 0 saturated heterocycles. The van der Waals surface area contributed by atoms with Crippen molar-refractivity contribution >= 4 is 11.8 Å². The van der Waals surface area contributed by atoms with Crippen molar-refractivity contribution in [3.05, 3.63) is 65.2 Å². The second kappa shape index (κ2) is 7.47. The van der Waals surface area contributed by atoms with E-state index >= 15 is 0 Å². The fourth-order valence-corrected chi connectivity index (χ4v) is 3.18. The van der Waals surface area contributed by atoms with Gasteiger partial charge in [0.2, 0.25) is 0 Å². The summed E-state index contributed by atoms with van der Waals surface area (Å²) in [4.78, 5) is 24.4. The molecule has 2 aromatic rings. The van der Waals surface area contributed by atoms with Crippen LogP contribution in [0.25, 0.3) is 0 Å². The van der Waals surface area contributed by atoms with Crippen molar-refractivity contribution in [2.45, 2.75) is 45.6 Å². The van der Waals surface area contributed by atoms with Crippen LogP contribution >= 0.6 is 0 Å². The normalized spacial score (nSPS) is 15.8. The molecule has 1 heterocycles. The Morgan fingerprint density at radius 2 is 1.84 bits per heavy atom. The van der Waals surface area contributed by atoms with Crippen LogP contribution in [-0.4, -0.2) is 21.5 Å². The summed E-state index contributed by atoms with van der Waals surface area (Å²) in [5.74, 6) is 0.0356. The Morgan fingerprint density at radius 1 is 1.12 bits per heavy atom. The summed E-state index contributed by atoms with van der Waals surface area (Å²) >= 11 is 0. The largest absolute Gasteiger partial charge is 0.426 e. The van der Waals surface area contributed by atoms with E-state index in [0.29, 0.717) is 29.9 Å². The number of hydrogen-bond acceptors (Lipinski definition) is 4. The Hall–Kier alpha value is -2.69. The third kappa shape index (κ3) is 3.71. The predicted molar refractivity (Wildman–Crippen MR) is 94.1 cm³/mol. The molecule has 0 radical (unpaired) electrons. The van der Waals surface area contributed by atoms with Crippen LogP contribution in [0.4, 0.5) is 0 Å². The Labute approximate surface area is 147 Å². The van der Waals surface area contributed by atoms with E-state index < -0.39 is 5.97 Å². The Kier molecular flexibility index (Phi) is 5.12. The fraction of sp³-hybridized carbons (Fsp3) is 0.350. The third-order valence-corrected chi connectivity index (χ3v) is 4.59. The average molecular weight is 338 g/mol. The number of aromatic nitrogens is 2. The number of carbonyl (C=O) groups is 2. The predicted octanol–water partition coefficient (Wildman–Crippen LogP) is 4.07. The minimum absolute atomic E-state index is 0.0198. The number of rotatable bonds is 5. The molecule has 5 heteroatoms. The highest BCUT2D eigenvalue weighted by molar-refractivity contribution is 5.95. The van der Waals surface area contributed by atoms with Gasteiger partial charge in [-0.15, -0.1) is 0 Å². The van der Waals surface area contributed by atoms with Crippen molar-refractivity contribution in [2.75, 3.05) is 0 Å². The molecular weight excluding hydrogens is 316 g/mol. The van der Waals surface area contributed by atoms with Crippen LogP contribution in [0.3, 0.4) is 0 Å². The van der Waals surface area contributed by atoms with E-state index in [1.807, 2.05) is 37.3 Å². The Bertz CT molecular complexity index is 805. The summed E-state index contributed by atoms with van der Waals surface area (Å²) in [5.41, 5.74) is 2.08.